The van der Waals surface area contributed by atoms with E-state index in [2.05, 4.69) is 15.8 Å². The number of nitrogen functional groups attached to an aromatic ring is 1. The number of non-ortho nitro benzene ring substituents is 1. The maximum Gasteiger partial charge on any atom is 0.273 e. The van der Waals surface area contributed by atoms with Gasteiger partial charge in [0.05, 0.1) is 17.2 Å². The maximum atomic E-state index is 10.9. The second-order valence-corrected chi connectivity index (χ2v) is 4.44. The molecule has 0 amide bonds. The number of hydrazine groups is 1. The van der Waals surface area contributed by atoms with E-state index in [1.807, 2.05) is 19.2 Å². The molecule has 20 heavy (non-hydrogen) atoms. The lowest BCUT2D eigenvalue weighted by atomic mass is 10.2. The number of nitro benzene ring substituents is 1. The van der Waals surface area contributed by atoms with Crippen LogP contribution in [0.15, 0.2) is 36.7 Å². The first-order chi connectivity index (χ1) is 9.58. The minimum Gasteiger partial charge on any atom is -0.380 e. The van der Waals surface area contributed by atoms with Crippen molar-refractivity contribution in [3.05, 3.63) is 46.8 Å². The molecule has 0 saturated carbocycles. The minimum absolute atomic E-state index is 0.0192. The van der Waals surface area contributed by atoms with E-state index in [9.17, 15) is 10.1 Å². The first-order valence-corrected chi connectivity index (χ1v) is 6.08. The summed E-state index contributed by atoms with van der Waals surface area (Å²) in [6.45, 7) is 2.62. The molecule has 0 aliphatic carbocycles. The summed E-state index contributed by atoms with van der Waals surface area (Å²) in [6, 6.07) is 6.47. The highest BCUT2D eigenvalue weighted by molar-refractivity contribution is 5.63. The van der Waals surface area contributed by atoms with Crippen LogP contribution < -0.4 is 16.6 Å². The topological polar surface area (TPSA) is 111 Å². The van der Waals surface area contributed by atoms with E-state index in [0.29, 0.717) is 17.9 Å². The van der Waals surface area contributed by atoms with E-state index in [-0.39, 0.29) is 11.7 Å². The number of hydrogen-bond donors (Lipinski definition) is 3. The molecular formula is C12H16N6O2. The molecule has 0 fully saturated rings. The fourth-order valence-electron chi connectivity index (χ4n) is 1.90. The van der Waals surface area contributed by atoms with Crippen LogP contribution in [0.25, 0.3) is 0 Å². The van der Waals surface area contributed by atoms with Crippen LogP contribution in [-0.2, 0) is 6.54 Å². The lowest BCUT2D eigenvalue weighted by Crippen LogP contribution is -2.22. The summed E-state index contributed by atoms with van der Waals surface area (Å²) >= 11 is 0. The summed E-state index contributed by atoms with van der Waals surface area (Å²) in [6.07, 6.45) is 3.56. The molecule has 0 radical (unpaired) electrons. The summed E-state index contributed by atoms with van der Waals surface area (Å²) < 4.78 is 1.79. The van der Waals surface area contributed by atoms with Gasteiger partial charge in [-0.25, -0.2) is 0 Å². The Morgan fingerprint density at radius 2 is 2.20 bits per heavy atom. The van der Waals surface area contributed by atoms with Crippen LogP contribution in [0.4, 0.5) is 17.1 Å². The smallest absolute Gasteiger partial charge is 0.273 e. The van der Waals surface area contributed by atoms with E-state index < -0.39 is 4.92 Å². The fourth-order valence-corrected chi connectivity index (χ4v) is 1.90. The molecule has 1 heterocycles. The Morgan fingerprint density at radius 1 is 1.45 bits per heavy atom. The van der Waals surface area contributed by atoms with E-state index in [1.165, 1.54) is 12.1 Å². The lowest BCUT2D eigenvalue weighted by Gasteiger charge is -2.16. The van der Waals surface area contributed by atoms with Gasteiger partial charge in [0.25, 0.3) is 5.69 Å². The Labute approximate surface area is 115 Å². The molecule has 4 N–H and O–H groups in total. The Balaban J connectivity index is 2.11. The molecule has 1 aromatic carbocycles. The molecular weight excluding hydrogens is 260 g/mol. The Hall–Kier alpha value is -2.61. The lowest BCUT2D eigenvalue weighted by molar-refractivity contribution is -0.384. The highest BCUT2D eigenvalue weighted by Gasteiger charge is 2.11. The number of nitro groups is 1. The number of nitrogens with one attached hydrogen (secondary N) is 2. The number of rotatable bonds is 6. The Morgan fingerprint density at radius 3 is 2.80 bits per heavy atom. The third kappa shape index (κ3) is 3.45. The zero-order chi connectivity index (χ0) is 14.5. The van der Waals surface area contributed by atoms with Gasteiger partial charge >= 0.3 is 0 Å². The van der Waals surface area contributed by atoms with Crippen LogP contribution in [0.1, 0.15) is 6.92 Å². The minimum atomic E-state index is -0.454. The number of nitrogens with zero attached hydrogens (tertiary/aromatic N) is 3. The van der Waals surface area contributed by atoms with Crippen molar-refractivity contribution in [1.29, 1.82) is 0 Å². The average molecular weight is 276 g/mol. The molecule has 106 valence electrons. The summed E-state index contributed by atoms with van der Waals surface area (Å²) in [7, 11) is 0. The third-order valence-corrected chi connectivity index (χ3v) is 2.73. The van der Waals surface area contributed by atoms with Crippen LogP contribution in [0.5, 0.6) is 0 Å². The van der Waals surface area contributed by atoms with Crippen LogP contribution in [0.2, 0.25) is 0 Å². The normalized spacial score (nSPS) is 11.9. The van der Waals surface area contributed by atoms with E-state index >= 15 is 0 Å². The van der Waals surface area contributed by atoms with Gasteiger partial charge in [0.2, 0.25) is 0 Å². The molecule has 1 aromatic heterocycles. The molecule has 0 spiro atoms. The Bertz CT molecular complexity index is 584. The second-order valence-electron chi connectivity index (χ2n) is 4.44. The van der Waals surface area contributed by atoms with Crippen molar-refractivity contribution in [2.24, 2.45) is 5.84 Å². The number of hydrogen-bond acceptors (Lipinski definition) is 6. The van der Waals surface area contributed by atoms with Gasteiger partial charge in [0.15, 0.2) is 0 Å². The van der Waals surface area contributed by atoms with Crippen molar-refractivity contribution in [3.8, 4) is 0 Å². The van der Waals surface area contributed by atoms with Crippen molar-refractivity contribution in [2.45, 2.75) is 19.5 Å². The quantitative estimate of drug-likeness (QED) is 0.419. The van der Waals surface area contributed by atoms with E-state index in [0.717, 1.165) is 0 Å². The fraction of sp³-hybridized carbons (Fsp3) is 0.250. The monoisotopic (exact) mass is 276 g/mol. The SMILES string of the molecule is CC(Cn1cccn1)Nc1cc(NN)cc([N+](=O)[O-])c1. The first kappa shape index (κ1) is 13.8. The molecule has 0 saturated heterocycles. The molecule has 2 aromatic rings. The highest BCUT2D eigenvalue weighted by Crippen LogP contribution is 2.24. The average Bonchev–Trinajstić information content (AvgIpc) is 2.90. The summed E-state index contributed by atoms with van der Waals surface area (Å²) in [5, 5.41) is 18.2. The molecule has 1 unspecified atom stereocenters. The van der Waals surface area contributed by atoms with Gasteiger partial charge in [0.1, 0.15) is 0 Å². The molecule has 1 atom stereocenters. The van der Waals surface area contributed by atoms with Crippen molar-refractivity contribution < 1.29 is 4.92 Å². The van der Waals surface area contributed by atoms with Gasteiger partial charge < -0.3 is 10.7 Å². The summed E-state index contributed by atoms with van der Waals surface area (Å²) in [4.78, 5) is 10.4. The second kappa shape index (κ2) is 6.02. The highest BCUT2D eigenvalue weighted by atomic mass is 16.6. The van der Waals surface area contributed by atoms with Gasteiger partial charge in [-0.05, 0) is 19.1 Å². The predicted molar refractivity (Wildman–Crippen MR) is 76.2 cm³/mol. The maximum absolute atomic E-state index is 10.9. The van der Waals surface area contributed by atoms with Crippen LogP contribution in [-0.4, -0.2) is 20.7 Å². The van der Waals surface area contributed by atoms with Gasteiger partial charge in [0, 0.05) is 36.3 Å². The molecule has 0 aliphatic heterocycles. The molecule has 8 heteroatoms. The van der Waals surface area contributed by atoms with Gasteiger partial charge in [-0.1, -0.05) is 0 Å². The molecule has 0 aliphatic rings. The standard InChI is InChI=1S/C12H16N6O2/c1-9(8-17-4-2-3-14-17)15-10-5-11(16-13)7-12(6-10)18(19)20/h2-7,9,15-16H,8,13H2,1H3. The molecule has 2 rings (SSSR count). The summed E-state index contributed by atoms with van der Waals surface area (Å²) in [5.74, 6) is 5.31. The molecule has 0 bridgehead atoms. The Kier molecular flexibility index (Phi) is 4.16. The molecule has 8 nitrogen and oxygen atoms in total. The zero-order valence-electron chi connectivity index (χ0n) is 11.0. The predicted octanol–water partition coefficient (Wildman–Crippen LogP) is 1.58. The van der Waals surface area contributed by atoms with Crippen molar-refractivity contribution in [3.63, 3.8) is 0 Å². The van der Waals surface area contributed by atoms with Gasteiger partial charge in [-0.2, -0.15) is 5.10 Å². The van der Waals surface area contributed by atoms with Crippen molar-refractivity contribution in [1.82, 2.24) is 9.78 Å². The van der Waals surface area contributed by atoms with E-state index in [1.54, 1.807) is 16.9 Å². The van der Waals surface area contributed by atoms with E-state index in [4.69, 9.17) is 5.84 Å². The van der Waals surface area contributed by atoms with Gasteiger partial charge in [-0.3, -0.25) is 20.6 Å². The number of benzene rings is 1. The number of nitrogens with two attached hydrogens (primary N) is 1. The van der Waals surface area contributed by atoms with Crippen LogP contribution >= 0.6 is 0 Å². The zero-order valence-corrected chi connectivity index (χ0v) is 11.0. The number of aromatic nitrogens is 2. The number of anilines is 2. The summed E-state index contributed by atoms with van der Waals surface area (Å²) in [5.41, 5.74) is 3.51. The first-order valence-electron chi connectivity index (χ1n) is 6.08. The van der Waals surface area contributed by atoms with Gasteiger partial charge in [-0.15, -0.1) is 0 Å². The largest absolute Gasteiger partial charge is 0.380 e. The van der Waals surface area contributed by atoms with Crippen molar-refractivity contribution >= 4 is 17.1 Å². The van der Waals surface area contributed by atoms with Crippen molar-refractivity contribution in [2.75, 3.05) is 10.7 Å². The van der Waals surface area contributed by atoms with Crippen LogP contribution in [0, 0.1) is 10.1 Å². The van der Waals surface area contributed by atoms with Crippen LogP contribution in [0.3, 0.4) is 0 Å². The third-order valence-electron chi connectivity index (χ3n) is 2.73.